The van der Waals surface area contributed by atoms with Gasteiger partial charge in [-0.2, -0.15) is 0 Å². The molecule has 1 aromatic carbocycles. The molecule has 0 radical (unpaired) electrons. The van der Waals surface area contributed by atoms with E-state index in [-0.39, 0.29) is 0 Å². The third kappa shape index (κ3) is 4.00. The van der Waals surface area contributed by atoms with Crippen molar-refractivity contribution < 1.29 is 5.11 Å². The Balaban J connectivity index is 1.86. The van der Waals surface area contributed by atoms with Gasteiger partial charge in [-0.3, -0.25) is 4.90 Å². The molecular weight excluding hydrogens is 224 g/mol. The predicted molar refractivity (Wildman–Crippen MR) is 74.7 cm³/mol. The molecule has 3 nitrogen and oxygen atoms in total. The number of nitrogens with one attached hydrogen (secondary N) is 1. The van der Waals surface area contributed by atoms with Crippen molar-refractivity contribution in [2.75, 3.05) is 26.2 Å². The van der Waals surface area contributed by atoms with Crippen LogP contribution in [0.4, 0.5) is 0 Å². The van der Waals surface area contributed by atoms with Gasteiger partial charge in [0.15, 0.2) is 0 Å². The fourth-order valence-corrected chi connectivity index (χ4v) is 2.59. The van der Waals surface area contributed by atoms with Crippen LogP contribution in [0.1, 0.15) is 25.3 Å². The van der Waals surface area contributed by atoms with Crippen LogP contribution in [0.25, 0.3) is 0 Å². The average Bonchev–Trinajstić information content (AvgIpc) is 2.41. The molecule has 0 unspecified atom stereocenters. The first-order valence-corrected chi connectivity index (χ1v) is 6.99. The van der Waals surface area contributed by atoms with Gasteiger partial charge in [0.25, 0.3) is 0 Å². The zero-order valence-electron chi connectivity index (χ0n) is 11.2. The third-order valence-corrected chi connectivity index (χ3v) is 3.76. The first kappa shape index (κ1) is 13.4. The van der Waals surface area contributed by atoms with Crippen LogP contribution in [0.2, 0.25) is 0 Å². The maximum Gasteiger partial charge on any atom is 0.115 e. The van der Waals surface area contributed by atoms with E-state index in [9.17, 15) is 5.11 Å². The Bertz CT molecular complexity index is 344. The molecule has 2 rings (SSSR count). The molecule has 1 heterocycles. The van der Waals surface area contributed by atoms with Crippen molar-refractivity contribution in [2.45, 2.75) is 26.3 Å². The topological polar surface area (TPSA) is 35.5 Å². The molecule has 3 heteroatoms. The summed E-state index contributed by atoms with van der Waals surface area (Å²) in [5.74, 6) is 1.18. The zero-order chi connectivity index (χ0) is 12.8. The fraction of sp³-hybridized carbons (Fsp3) is 0.600. The highest BCUT2D eigenvalue weighted by atomic mass is 16.3. The van der Waals surface area contributed by atoms with E-state index in [1.54, 1.807) is 12.1 Å². The number of rotatable bonds is 5. The highest BCUT2D eigenvalue weighted by Gasteiger charge is 2.16. The average molecular weight is 248 g/mol. The summed E-state index contributed by atoms with van der Waals surface area (Å²) in [4.78, 5) is 2.50. The van der Waals surface area contributed by atoms with Crippen LogP contribution in [-0.4, -0.2) is 36.2 Å². The van der Waals surface area contributed by atoms with Gasteiger partial charge in [-0.05, 0) is 56.1 Å². The van der Waals surface area contributed by atoms with Crippen molar-refractivity contribution in [3.05, 3.63) is 29.8 Å². The Morgan fingerprint density at radius 2 is 1.89 bits per heavy atom. The van der Waals surface area contributed by atoms with Gasteiger partial charge in [0.1, 0.15) is 5.75 Å². The monoisotopic (exact) mass is 248 g/mol. The number of phenols is 1. The minimum Gasteiger partial charge on any atom is -0.508 e. The summed E-state index contributed by atoms with van der Waals surface area (Å²) in [6.45, 7) is 7.83. The number of benzene rings is 1. The van der Waals surface area contributed by atoms with E-state index in [0.29, 0.717) is 5.75 Å². The molecule has 1 saturated heterocycles. The lowest BCUT2D eigenvalue weighted by molar-refractivity contribution is 0.207. The molecule has 0 bridgehead atoms. The molecule has 100 valence electrons. The second-order valence-corrected chi connectivity index (χ2v) is 5.19. The zero-order valence-corrected chi connectivity index (χ0v) is 11.2. The van der Waals surface area contributed by atoms with Crippen molar-refractivity contribution in [1.82, 2.24) is 10.2 Å². The largest absolute Gasteiger partial charge is 0.508 e. The first-order valence-electron chi connectivity index (χ1n) is 6.99. The Hall–Kier alpha value is -1.06. The second-order valence-electron chi connectivity index (χ2n) is 5.19. The summed E-state index contributed by atoms with van der Waals surface area (Å²) >= 11 is 0. The van der Waals surface area contributed by atoms with Crippen LogP contribution < -0.4 is 5.32 Å². The van der Waals surface area contributed by atoms with Gasteiger partial charge in [-0.15, -0.1) is 0 Å². The van der Waals surface area contributed by atoms with Gasteiger partial charge in [0.2, 0.25) is 0 Å². The molecule has 0 amide bonds. The number of aromatic hydroxyl groups is 1. The van der Waals surface area contributed by atoms with Gasteiger partial charge in [0, 0.05) is 13.1 Å². The SMILES string of the molecule is CCN(Cc1ccc(O)cc1)CC1CCNCC1. The summed E-state index contributed by atoms with van der Waals surface area (Å²) in [6.07, 6.45) is 2.60. The van der Waals surface area contributed by atoms with Crippen LogP contribution >= 0.6 is 0 Å². The van der Waals surface area contributed by atoms with Crippen molar-refractivity contribution in [3.8, 4) is 5.75 Å². The van der Waals surface area contributed by atoms with Gasteiger partial charge in [0.05, 0.1) is 0 Å². The van der Waals surface area contributed by atoms with Crippen molar-refractivity contribution in [3.63, 3.8) is 0 Å². The number of hydrogen-bond donors (Lipinski definition) is 2. The number of nitrogens with zero attached hydrogens (tertiary/aromatic N) is 1. The second kappa shape index (κ2) is 6.76. The summed E-state index contributed by atoms with van der Waals surface area (Å²) in [7, 11) is 0. The molecule has 2 N–H and O–H groups in total. The van der Waals surface area contributed by atoms with Crippen LogP contribution in [0, 0.1) is 5.92 Å². The number of phenolic OH excluding ortho intramolecular Hbond substituents is 1. The Morgan fingerprint density at radius 1 is 1.22 bits per heavy atom. The highest BCUT2D eigenvalue weighted by molar-refractivity contribution is 5.25. The molecule has 18 heavy (non-hydrogen) atoms. The molecule has 0 saturated carbocycles. The maximum atomic E-state index is 9.29. The molecule has 1 aliphatic heterocycles. The molecule has 0 aliphatic carbocycles. The lowest BCUT2D eigenvalue weighted by Crippen LogP contribution is -2.35. The van der Waals surface area contributed by atoms with Crippen LogP contribution in [0.5, 0.6) is 5.75 Å². The van der Waals surface area contributed by atoms with E-state index in [1.165, 1.54) is 38.0 Å². The number of piperidine rings is 1. The Labute approximate surface area is 110 Å². The lowest BCUT2D eigenvalue weighted by atomic mass is 9.97. The fourth-order valence-electron chi connectivity index (χ4n) is 2.59. The van der Waals surface area contributed by atoms with E-state index in [0.717, 1.165) is 19.0 Å². The Morgan fingerprint density at radius 3 is 2.50 bits per heavy atom. The molecule has 0 atom stereocenters. The normalized spacial score (nSPS) is 17.2. The number of hydrogen-bond acceptors (Lipinski definition) is 3. The summed E-state index contributed by atoms with van der Waals surface area (Å²) < 4.78 is 0. The van der Waals surface area contributed by atoms with E-state index < -0.39 is 0 Å². The quantitative estimate of drug-likeness (QED) is 0.838. The molecule has 1 aliphatic rings. The smallest absolute Gasteiger partial charge is 0.115 e. The van der Waals surface area contributed by atoms with Crippen molar-refractivity contribution in [1.29, 1.82) is 0 Å². The third-order valence-electron chi connectivity index (χ3n) is 3.76. The van der Waals surface area contributed by atoms with Gasteiger partial charge in [-0.25, -0.2) is 0 Å². The van der Waals surface area contributed by atoms with Crippen LogP contribution in [0.15, 0.2) is 24.3 Å². The molecule has 0 spiro atoms. The summed E-state index contributed by atoms with van der Waals surface area (Å²) in [5, 5.41) is 12.7. The van der Waals surface area contributed by atoms with Gasteiger partial charge < -0.3 is 10.4 Å². The molecule has 0 aromatic heterocycles. The van der Waals surface area contributed by atoms with Crippen LogP contribution in [-0.2, 0) is 6.54 Å². The standard InChI is InChI=1S/C15H24N2O/c1-2-17(12-14-7-9-16-10-8-14)11-13-3-5-15(18)6-4-13/h3-6,14,16,18H,2,7-12H2,1H3. The molecule has 1 aromatic rings. The molecular formula is C15H24N2O. The lowest BCUT2D eigenvalue weighted by Gasteiger charge is -2.29. The summed E-state index contributed by atoms with van der Waals surface area (Å²) in [6, 6.07) is 7.57. The minimum absolute atomic E-state index is 0.347. The molecule has 1 fully saturated rings. The van der Waals surface area contributed by atoms with E-state index >= 15 is 0 Å². The minimum atomic E-state index is 0.347. The van der Waals surface area contributed by atoms with Crippen LogP contribution in [0.3, 0.4) is 0 Å². The van der Waals surface area contributed by atoms with E-state index in [2.05, 4.69) is 17.1 Å². The van der Waals surface area contributed by atoms with Crippen molar-refractivity contribution >= 4 is 0 Å². The van der Waals surface area contributed by atoms with E-state index in [1.807, 2.05) is 12.1 Å². The van der Waals surface area contributed by atoms with Crippen molar-refractivity contribution in [2.24, 2.45) is 5.92 Å². The first-order chi connectivity index (χ1) is 8.78. The predicted octanol–water partition coefficient (Wildman–Crippen LogP) is 2.21. The van der Waals surface area contributed by atoms with Gasteiger partial charge >= 0.3 is 0 Å². The Kier molecular flexibility index (Phi) is 5.02. The highest BCUT2D eigenvalue weighted by Crippen LogP contribution is 2.16. The van der Waals surface area contributed by atoms with Gasteiger partial charge in [-0.1, -0.05) is 19.1 Å². The maximum absolute atomic E-state index is 9.29. The van der Waals surface area contributed by atoms with E-state index in [4.69, 9.17) is 0 Å². The summed E-state index contributed by atoms with van der Waals surface area (Å²) in [5.41, 5.74) is 1.28.